The van der Waals surface area contributed by atoms with E-state index in [1.807, 2.05) is 0 Å². The topological polar surface area (TPSA) is 169 Å². The molecule has 1 amide bonds. The molecule has 0 saturated heterocycles. The number of para-hydroxylation sites is 1. The Balaban J connectivity index is 2.44. The van der Waals surface area contributed by atoms with Crippen molar-refractivity contribution in [2.24, 2.45) is 5.73 Å². The number of nitrogens with zero attached hydrogens (tertiary/aromatic N) is 4. The lowest BCUT2D eigenvalue weighted by atomic mass is 10.2. The van der Waals surface area contributed by atoms with Gasteiger partial charge in [0.1, 0.15) is 5.60 Å². The Bertz CT molecular complexity index is 1150. The number of hydrogen-bond donors (Lipinski definition) is 2. The predicted molar refractivity (Wildman–Crippen MR) is 132 cm³/mol. The summed E-state index contributed by atoms with van der Waals surface area (Å²) in [7, 11) is -4.38. The summed E-state index contributed by atoms with van der Waals surface area (Å²) in [6, 6.07) is 10.1. The van der Waals surface area contributed by atoms with Crippen molar-refractivity contribution < 1.29 is 28.0 Å². The Morgan fingerprint density at radius 2 is 1.78 bits per heavy atom. The van der Waals surface area contributed by atoms with Crippen molar-refractivity contribution in [3.63, 3.8) is 0 Å². The molecule has 0 radical (unpaired) electrons. The van der Waals surface area contributed by atoms with Gasteiger partial charge < -0.3 is 20.5 Å². The van der Waals surface area contributed by atoms with Gasteiger partial charge in [0.25, 0.3) is 5.69 Å². The summed E-state index contributed by atoms with van der Waals surface area (Å²) in [4.78, 5) is 28.7. The van der Waals surface area contributed by atoms with Crippen LogP contribution in [0.15, 0.2) is 47.4 Å². The number of nitrogens with two attached hydrogens (primary N) is 1. The highest BCUT2D eigenvalue weighted by Crippen LogP contribution is 2.27. The van der Waals surface area contributed by atoms with E-state index >= 15 is 0 Å². The minimum Gasteiger partial charge on any atom is -0.444 e. The van der Waals surface area contributed by atoms with E-state index in [4.69, 9.17) is 10.5 Å². The van der Waals surface area contributed by atoms with Crippen LogP contribution in [-0.4, -0.2) is 70.6 Å². The number of carbonyl (C=O) groups excluding carboxylic acids is 1. The number of ether oxygens (including phenoxy) is 1. The van der Waals surface area contributed by atoms with Crippen LogP contribution in [0.1, 0.15) is 38.6 Å². The summed E-state index contributed by atoms with van der Waals surface area (Å²) >= 11 is 0. The lowest BCUT2D eigenvalue weighted by Crippen LogP contribution is -2.43. The summed E-state index contributed by atoms with van der Waals surface area (Å²) in [5.41, 5.74) is 5.26. The minimum atomic E-state index is -4.38. The second-order valence-corrected chi connectivity index (χ2v) is 10.8. The van der Waals surface area contributed by atoms with Crippen molar-refractivity contribution in [1.82, 2.24) is 14.2 Å². The molecule has 0 fully saturated rings. The maximum absolute atomic E-state index is 13.6. The second-order valence-electron chi connectivity index (χ2n) is 8.93. The predicted octanol–water partition coefficient (Wildman–Crippen LogP) is 2.26. The highest BCUT2D eigenvalue weighted by Gasteiger charge is 2.33. The van der Waals surface area contributed by atoms with Gasteiger partial charge in [-0.1, -0.05) is 18.2 Å². The summed E-state index contributed by atoms with van der Waals surface area (Å²) in [5, 5.41) is 20.8. The number of aromatic nitrogens is 1. The zero-order valence-electron chi connectivity index (χ0n) is 20.7. The third-order valence-electron chi connectivity index (χ3n) is 4.95. The van der Waals surface area contributed by atoms with Gasteiger partial charge in [-0.15, -0.1) is 0 Å². The second kappa shape index (κ2) is 12.7. The zero-order valence-corrected chi connectivity index (χ0v) is 21.5. The molecule has 1 aromatic heterocycles. The molecule has 12 nitrogen and oxygen atoms in total. The van der Waals surface area contributed by atoms with Crippen molar-refractivity contribution >= 4 is 21.8 Å². The fourth-order valence-electron chi connectivity index (χ4n) is 3.28. The fourth-order valence-corrected chi connectivity index (χ4v) is 4.84. The summed E-state index contributed by atoms with van der Waals surface area (Å²) in [5.74, 6) is 0. The molecule has 198 valence electrons. The van der Waals surface area contributed by atoms with Crippen LogP contribution in [0, 0.1) is 10.1 Å². The molecule has 0 aliphatic rings. The highest BCUT2D eigenvalue weighted by atomic mass is 32.2. The largest absolute Gasteiger partial charge is 0.444 e. The number of benzene rings is 1. The van der Waals surface area contributed by atoms with Gasteiger partial charge in [-0.2, -0.15) is 4.31 Å². The van der Waals surface area contributed by atoms with Crippen molar-refractivity contribution in [2.75, 3.05) is 26.2 Å². The van der Waals surface area contributed by atoms with Gasteiger partial charge in [-0.3, -0.25) is 15.1 Å². The molecule has 2 rings (SSSR count). The number of aliphatic hydroxyl groups excluding tert-OH is 1. The van der Waals surface area contributed by atoms with Gasteiger partial charge in [0.2, 0.25) is 10.0 Å². The molecule has 1 heterocycles. The van der Waals surface area contributed by atoms with Crippen LogP contribution in [-0.2, 0) is 27.8 Å². The number of rotatable bonds is 12. The number of nitro benzene ring substituents is 1. The van der Waals surface area contributed by atoms with Crippen LogP contribution in [0.25, 0.3) is 0 Å². The van der Waals surface area contributed by atoms with Crippen LogP contribution in [0.3, 0.4) is 0 Å². The molecule has 36 heavy (non-hydrogen) atoms. The van der Waals surface area contributed by atoms with E-state index in [2.05, 4.69) is 4.98 Å². The van der Waals surface area contributed by atoms with E-state index < -0.39 is 37.2 Å². The normalized spacial score (nSPS) is 11.9. The Morgan fingerprint density at radius 3 is 2.39 bits per heavy atom. The molecule has 0 aliphatic heterocycles. The number of nitro groups is 1. The number of amides is 1. The van der Waals surface area contributed by atoms with Crippen molar-refractivity contribution in [2.45, 2.75) is 50.8 Å². The minimum absolute atomic E-state index is 0.0780. The average Bonchev–Trinajstić information content (AvgIpc) is 2.82. The Kier molecular flexibility index (Phi) is 10.3. The van der Waals surface area contributed by atoms with Gasteiger partial charge in [0, 0.05) is 38.9 Å². The number of pyridine rings is 1. The van der Waals surface area contributed by atoms with Gasteiger partial charge in [0.05, 0.1) is 22.9 Å². The van der Waals surface area contributed by atoms with E-state index in [-0.39, 0.29) is 45.8 Å². The van der Waals surface area contributed by atoms with E-state index in [0.717, 1.165) is 10.4 Å². The van der Waals surface area contributed by atoms with Crippen LogP contribution >= 0.6 is 0 Å². The first-order chi connectivity index (χ1) is 16.9. The van der Waals surface area contributed by atoms with Crippen LogP contribution in [0.5, 0.6) is 0 Å². The molecule has 0 atom stereocenters. The van der Waals surface area contributed by atoms with E-state index in [1.165, 1.54) is 23.1 Å². The summed E-state index contributed by atoms with van der Waals surface area (Å²) in [6.07, 6.45) is -0.404. The van der Waals surface area contributed by atoms with Crippen LogP contribution < -0.4 is 5.73 Å². The lowest BCUT2D eigenvalue weighted by molar-refractivity contribution is -0.387. The SMILES string of the molecule is CC(C)(C)OC(=O)N(CCCO)CCN(Cc1cccc(CN)n1)S(=O)(=O)c1ccccc1[N+](=O)[O-]. The molecule has 13 heteroatoms. The van der Waals surface area contributed by atoms with E-state index in [1.54, 1.807) is 39.0 Å². The Morgan fingerprint density at radius 1 is 1.11 bits per heavy atom. The van der Waals surface area contributed by atoms with E-state index in [9.17, 15) is 28.4 Å². The lowest BCUT2D eigenvalue weighted by Gasteiger charge is -2.29. The maximum atomic E-state index is 13.6. The molecule has 0 saturated carbocycles. The fraction of sp³-hybridized carbons (Fsp3) is 0.478. The molecule has 0 unspecified atom stereocenters. The smallest absolute Gasteiger partial charge is 0.410 e. The number of sulfonamides is 1. The maximum Gasteiger partial charge on any atom is 0.410 e. The summed E-state index contributed by atoms with van der Waals surface area (Å²) < 4.78 is 33.7. The molecule has 0 bridgehead atoms. The number of hydrogen-bond acceptors (Lipinski definition) is 9. The first-order valence-electron chi connectivity index (χ1n) is 11.4. The first-order valence-corrected chi connectivity index (χ1v) is 12.8. The quantitative estimate of drug-likeness (QED) is 0.313. The Labute approximate surface area is 210 Å². The molecule has 0 spiro atoms. The molecule has 0 aliphatic carbocycles. The van der Waals surface area contributed by atoms with Crippen molar-refractivity contribution in [3.8, 4) is 0 Å². The number of aliphatic hydroxyl groups is 1. The third-order valence-corrected chi connectivity index (χ3v) is 6.84. The van der Waals surface area contributed by atoms with Crippen LogP contribution in [0.2, 0.25) is 0 Å². The Hall–Kier alpha value is -3.13. The van der Waals surface area contributed by atoms with Gasteiger partial charge in [-0.05, 0) is 45.4 Å². The first kappa shape index (κ1) is 29.1. The van der Waals surface area contributed by atoms with Gasteiger partial charge in [0.15, 0.2) is 4.90 Å². The molecule has 3 N–H and O–H groups in total. The zero-order chi connectivity index (χ0) is 26.9. The average molecular weight is 524 g/mol. The summed E-state index contributed by atoms with van der Waals surface area (Å²) in [6.45, 7) is 4.74. The van der Waals surface area contributed by atoms with Crippen molar-refractivity contribution in [3.05, 3.63) is 64.0 Å². The molecular formula is C23H33N5O7S. The highest BCUT2D eigenvalue weighted by molar-refractivity contribution is 7.89. The number of carbonyl (C=O) groups is 1. The standard InChI is InChI=1S/C23H33N5O7S/c1-23(2,3)35-22(30)26(12-7-15-29)13-14-27(17-19-9-6-8-18(16-24)25-19)36(33,34)21-11-5-4-10-20(21)28(31)32/h4-6,8-11,29H,7,12-17,24H2,1-3H3. The molecular weight excluding hydrogens is 490 g/mol. The molecule has 2 aromatic rings. The monoisotopic (exact) mass is 523 g/mol. The van der Waals surface area contributed by atoms with Crippen molar-refractivity contribution in [1.29, 1.82) is 0 Å². The van der Waals surface area contributed by atoms with E-state index in [0.29, 0.717) is 11.4 Å². The third kappa shape index (κ3) is 8.22. The van der Waals surface area contributed by atoms with Gasteiger partial charge >= 0.3 is 6.09 Å². The molecule has 1 aromatic carbocycles. The van der Waals surface area contributed by atoms with Gasteiger partial charge in [-0.25, -0.2) is 13.2 Å². The van der Waals surface area contributed by atoms with Crippen LogP contribution in [0.4, 0.5) is 10.5 Å².